The maximum atomic E-state index is 13.2. The molecule has 33 heavy (non-hydrogen) atoms. The van der Waals surface area contributed by atoms with Gasteiger partial charge in [0.15, 0.2) is 5.58 Å². The second-order valence-corrected chi connectivity index (χ2v) is 10.5. The molecule has 2 aromatic carbocycles. The van der Waals surface area contributed by atoms with Crippen molar-refractivity contribution in [3.63, 3.8) is 0 Å². The fraction of sp³-hybridized carbons (Fsp3) is 0.391. The van der Waals surface area contributed by atoms with E-state index in [0.717, 1.165) is 11.3 Å². The van der Waals surface area contributed by atoms with Crippen LogP contribution in [0.5, 0.6) is 5.75 Å². The van der Waals surface area contributed by atoms with Crippen LogP contribution >= 0.6 is 0 Å². The Balaban J connectivity index is 1.41. The van der Waals surface area contributed by atoms with Crippen LogP contribution in [0.15, 0.2) is 56.6 Å². The Labute approximate surface area is 192 Å². The van der Waals surface area contributed by atoms with Crippen LogP contribution in [0.1, 0.15) is 25.3 Å². The maximum Gasteiger partial charge on any atom is 0.419 e. The van der Waals surface area contributed by atoms with Gasteiger partial charge in [-0.15, -0.1) is 0 Å². The summed E-state index contributed by atoms with van der Waals surface area (Å²) < 4.78 is 39.3. The van der Waals surface area contributed by atoms with Crippen LogP contribution in [0, 0.1) is 5.41 Å². The van der Waals surface area contributed by atoms with E-state index in [0.29, 0.717) is 24.9 Å². The third kappa shape index (κ3) is 4.40. The first-order chi connectivity index (χ1) is 15.6. The number of hydrogen-bond acceptors (Lipinski definition) is 6. The number of nitrogens with zero attached hydrogens (tertiary/aromatic N) is 2. The number of benzene rings is 2. The SMILES string of the molecule is COc1ccc(CNC(=O)C2(C)CCN(S(=O)(=O)c3ccc4c(c3)oc(=O)n4C)CC2)cc1. The van der Waals surface area contributed by atoms with Gasteiger partial charge in [0.25, 0.3) is 0 Å². The van der Waals surface area contributed by atoms with Crippen LogP contribution in [0.4, 0.5) is 0 Å². The van der Waals surface area contributed by atoms with Gasteiger partial charge in [-0.3, -0.25) is 9.36 Å². The number of oxazole rings is 1. The van der Waals surface area contributed by atoms with E-state index in [2.05, 4.69) is 5.32 Å². The maximum absolute atomic E-state index is 13.2. The van der Waals surface area contributed by atoms with Crippen molar-refractivity contribution in [2.24, 2.45) is 12.5 Å². The highest BCUT2D eigenvalue weighted by Gasteiger charge is 2.40. The average molecular weight is 474 g/mol. The summed E-state index contributed by atoms with van der Waals surface area (Å²) in [4.78, 5) is 24.6. The van der Waals surface area contributed by atoms with Gasteiger partial charge >= 0.3 is 5.76 Å². The molecule has 0 bridgehead atoms. The molecular formula is C23H27N3O6S. The summed E-state index contributed by atoms with van der Waals surface area (Å²) >= 11 is 0. The molecule has 1 amide bonds. The molecule has 9 nitrogen and oxygen atoms in total. The van der Waals surface area contributed by atoms with Crippen LogP contribution in [0.3, 0.4) is 0 Å². The second kappa shape index (κ2) is 8.68. The lowest BCUT2D eigenvalue weighted by molar-refractivity contribution is -0.132. The van der Waals surface area contributed by atoms with Crippen LogP contribution in [-0.4, -0.2) is 43.4 Å². The lowest BCUT2D eigenvalue weighted by Gasteiger charge is -2.37. The Bertz CT molecular complexity index is 1330. The Morgan fingerprint density at radius 2 is 1.82 bits per heavy atom. The number of ether oxygens (including phenoxy) is 1. The van der Waals surface area contributed by atoms with E-state index in [4.69, 9.17) is 9.15 Å². The predicted octanol–water partition coefficient (Wildman–Crippen LogP) is 2.25. The van der Waals surface area contributed by atoms with E-state index in [1.165, 1.54) is 21.0 Å². The molecule has 1 fully saturated rings. The molecule has 0 unspecified atom stereocenters. The first-order valence-corrected chi connectivity index (χ1v) is 12.1. The van der Waals surface area contributed by atoms with E-state index < -0.39 is 21.2 Å². The standard InChI is InChI=1S/C23H27N3O6S/c1-23(21(27)24-15-16-4-6-17(31-3)7-5-16)10-12-26(13-11-23)33(29,30)18-8-9-19-20(14-18)32-22(28)25(19)2/h4-9,14H,10-13,15H2,1-3H3,(H,24,27). The molecule has 1 aliphatic rings. The average Bonchev–Trinajstić information content (AvgIpc) is 3.10. The topological polar surface area (TPSA) is 111 Å². The van der Waals surface area contributed by atoms with Gasteiger partial charge in [-0.1, -0.05) is 19.1 Å². The van der Waals surface area contributed by atoms with E-state index in [1.807, 2.05) is 31.2 Å². The molecule has 176 valence electrons. The van der Waals surface area contributed by atoms with Gasteiger partial charge in [0.05, 0.1) is 17.5 Å². The molecule has 10 heteroatoms. The normalized spacial score (nSPS) is 16.6. The zero-order valence-corrected chi connectivity index (χ0v) is 19.6. The highest BCUT2D eigenvalue weighted by molar-refractivity contribution is 7.89. The van der Waals surface area contributed by atoms with Gasteiger partial charge < -0.3 is 14.5 Å². The quantitative estimate of drug-likeness (QED) is 0.588. The fourth-order valence-corrected chi connectivity index (χ4v) is 5.47. The first kappa shape index (κ1) is 23.1. The van der Waals surface area contributed by atoms with E-state index >= 15 is 0 Å². The number of methoxy groups -OCH3 is 1. The number of nitrogens with one attached hydrogen (secondary N) is 1. The number of amides is 1. The van der Waals surface area contributed by atoms with Crippen molar-refractivity contribution in [3.8, 4) is 5.75 Å². The summed E-state index contributed by atoms with van der Waals surface area (Å²) in [6.07, 6.45) is 0.812. The molecule has 1 aliphatic heterocycles. The fourth-order valence-electron chi connectivity index (χ4n) is 4.01. The van der Waals surface area contributed by atoms with Gasteiger partial charge in [0.2, 0.25) is 15.9 Å². The smallest absolute Gasteiger partial charge is 0.419 e. The lowest BCUT2D eigenvalue weighted by atomic mass is 9.80. The number of hydrogen-bond donors (Lipinski definition) is 1. The third-order valence-electron chi connectivity index (χ3n) is 6.39. The molecule has 0 aliphatic carbocycles. The van der Waals surface area contributed by atoms with Gasteiger partial charge in [-0.2, -0.15) is 4.31 Å². The highest BCUT2D eigenvalue weighted by atomic mass is 32.2. The van der Waals surface area contributed by atoms with Crippen LogP contribution in [-0.2, 0) is 28.4 Å². The highest BCUT2D eigenvalue weighted by Crippen LogP contribution is 2.34. The van der Waals surface area contributed by atoms with Crippen LogP contribution in [0.2, 0.25) is 0 Å². The largest absolute Gasteiger partial charge is 0.497 e. The van der Waals surface area contributed by atoms with Crippen molar-refractivity contribution in [2.75, 3.05) is 20.2 Å². The number of rotatable bonds is 6. The summed E-state index contributed by atoms with van der Waals surface area (Å²) in [6.45, 7) is 2.71. The second-order valence-electron chi connectivity index (χ2n) is 8.55. The first-order valence-electron chi connectivity index (χ1n) is 10.6. The van der Waals surface area contributed by atoms with E-state index in [1.54, 1.807) is 20.2 Å². The molecule has 1 saturated heterocycles. The van der Waals surface area contributed by atoms with E-state index in [9.17, 15) is 18.0 Å². The molecular weight excluding hydrogens is 446 g/mol. The molecule has 1 aromatic heterocycles. The summed E-state index contributed by atoms with van der Waals surface area (Å²) in [6, 6.07) is 11.9. The minimum absolute atomic E-state index is 0.0666. The number of carbonyl (C=O) groups is 1. The molecule has 4 rings (SSSR count). The molecule has 1 N–H and O–H groups in total. The Hall–Kier alpha value is -3.11. The van der Waals surface area contributed by atoms with Crippen LogP contribution < -0.4 is 15.8 Å². The van der Waals surface area contributed by atoms with Gasteiger partial charge in [0.1, 0.15) is 5.75 Å². The van der Waals surface area contributed by atoms with Crippen molar-refractivity contribution in [1.82, 2.24) is 14.2 Å². The number of aromatic nitrogens is 1. The van der Waals surface area contributed by atoms with Crippen LogP contribution in [0.25, 0.3) is 11.1 Å². The zero-order valence-electron chi connectivity index (χ0n) is 18.8. The summed E-state index contributed by atoms with van der Waals surface area (Å²) in [5.41, 5.74) is 1.05. The van der Waals surface area contributed by atoms with Crippen molar-refractivity contribution >= 4 is 27.0 Å². The summed E-state index contributed by atoms with van der Waals surface area (Å²) in [7, 11) is -0.614. The minimum atomic E-state index is -3.78. The molecule has 2 heterocycles. The zero-order chi connectivity index (χ0) is 23.8. The Kier molecular flexibility index (Phi) is 6.06. The van der Waals surface area contributed by atoms with Crippen molar-refractivity contribution in [3.05, 3.63) is 58.6 Å². The Morgan fingerprint density at radius 3 is 2.45 bits per heavy atom. The molecule has 0 saturated carbocycles. The van der Waals surface area contributed by atoms with Crippen molar-refractivity contribution < 1.29 is 22.4 Å². The Morgan fingerprint density at radius 1 is 1.15 bits per heavy atom. The molecule has 3 aromatic rings. The van der Waals surface area contributed by atoms with Gasteiger partial charge in [-0.05, 0) is 42.7 Å². The van der Waals surface area contributed by atoms with Crippen molar-refractivity contribution in [2.45, 2.75) is 31.2 Å². The monoisotopic (exact) mass is 473 g/mol. The number of piperidine rings is 1. The van der Waals surface area contributed by atoms with Gasteiger partial charge in [-0.25, -0.2) is 13.2 Å². The van der Waals surface area contributed by atoms with Crippen molar-refractivity contribution in [1.29, 1.82) is 0 Å². The van der Waals surface area contributed by atoms with E-state index in [-0.39, 0.29) is 29.5 Å². The van der Waals surface area contributed by atoms with Gasteiger partial charge in [0, 0.05) is 38.2 Å². The molecule has 0 radical (unpaired) electrons. The number of fused-ring (bicyclic) bond motifs is 1. The minimum Gasteiger partial charge on any atom is -0.497 e. The predicted molar refractivity (Wildman–Crippen MR) is 122 cm³/mol. The summed E-state index contributed by atoms with van der Waals surface area (Å²) in [5, 5.41) is 2.97. The number of carbonyl (C=O) groups excluding carboxylic acids is 1. The lowest BCUT2D eigenvalue weighted by Crippen LogP contribution is -2.48. The molecule has 0 atom stereocenters. The molecule has 0 spiro atoms. The number of aryl methyl sites for hydroxylation is 1. The third-order valence-corrected chi connectivity index (χ3v) is 8.28. The summed E-state index contributed by atoms with van der Waals surface area (Å²) in [5.74, 6) is 0.107. The number of sulfonamides is 1.